The zero-order valence-electron chi connectivity index (χ0n) is 19.0. The minimum atomic E-state index is -0.709. The highest BCUT2D eigenvalue weighted by molar-refractivity contribution is 9.10. The van der Waals surface area contributed by atoms with Crippen LogP contribution in [0.2, 0.25) is 0 Å². The molecule has 1 saturated heterocycles. The van der Waals surface area contributed by atoms with Crippen LogP contribution in [0.3, 0.4) is 0 Å². The lowest BCUT2D eigenvalue weighted by Gasteiger charge is -2.25. The van der Waals surface area contributed by atoms with E-state index >= 15 is 0 Å². The van der Waals surface area contributed by atoms with Gasteiger partial charge in [0, 0.05) is 33.7 Å². The standard InChI is InChI=1S/C28H23BrN2O4/c1-35-21-11-9-17(10-12-21)26(32)24-25(18-5-4-6-20(29)15-18)31(28(34)27(24)33)14-13-19-16-30-23-8-3-2-7-22(19)23/h2-12,15-16,25,30,32H,13-14H2,1H3/t25-/m1/s1. The van der Waals surface area contributed by atoms with Crippen LogP contribution in [-0.4, -0.2) is 40.3 Å². The summed E-state index contributed by atoms with van der Waals surface area (Å²) in [7, 11) is 1.56. The zero-order chi connectivity index (χ0) is 24.5. The van der Waals surface area contributed by atoms with Crippen molar-refractivity contribution in [2.24, 2.45) is 0 Å². The lowest BCUT2D eigenvalue weighted by molar-refractivity contribution is -0.139. The molecule has 0 spiro atoms. The summed E-state index contributed by atoms with van der Waals surface area (Å²) in [5.74, 6) is -0.887. The molecule has 3 aromatic carbocycles. The van der Waals surface area contributed by atoms with Crippen molar-refractivity contribution in [2.45, 2.75) is 12.5 Å². The van der Waals surface area contributed by atoms with Gasteiger partial charge in [0.1, 0.15) is 11.5 Å². The Kier molecular flexibility index (Phi) is 6.17. The zero-order valence-corrected chi connectivity index (χ0v) is 20.6. The van der Waals surface area contributed by atoms with Gasteiger partial charge in [-0.25, -0.2) is 0 Å². The number of para-hydroxylation sites is 1. The Hall–Kier alpha value is -3.84. The molecule has 0 bridgehead atoms. The molecule has 5 rings (SSSR count). The summed E-state index contributed by atoms with van der Waals surface area (Å²) < 4.78 is 6.02. The van der Waals surface area contributed by atoms with Gasteiger partial charge >= 0.3 is 0 Å². The summed E-state index contributed by atoms with van der Waals surface area (Å²) >= 11 is 3.49. The number of aromatic nitrogens is 1. The number of nitrogens with zero attached hydrogens (tertiary/aromatic N) is 1. The number of benzene rings is 3. The third-order valence-electron chi connectivity index (χ3n) is 6.36. The summed E-state index contributed by atoms with van der Waals surface area (Å²) in [6, 6.07) is 21.5. The van der Waals surface area contributed by atoms with E-state index in [4.69, 9.17) is 4.74 Å². The van der Waals surface area contributed by atoms with Crippen LogP contribution < -0.4 is 4.74 Å². The van der Waals surface area contributed by atoms with Crippen LogP contribution in [0.15, 0.2) is 89.0 Å². The fourth-order valence-corrected chi connectivity index (χ4v) is 5.03. The number of H-pyrrole nitrogens is 1. The Bertz CT molecular complexity index is 1460. The first kappa shape index (κ1) is 22.9. The monoisotopic (exact) mass is 530 g/mol. The van der Waals surface area contributed by atoms with Crippen molar-refractivity contribution in [3.8, 4) is 5.75 Å². The third-order valence-corrected chi connectivity index (χ3v) is 6.86. The number of amides is 1. The molecule has 0 unspecified atom stereocenters. The first-order chi connectivity index (χ1) is 17.0. The van der Waals surface area contributed by atoms with E-state index < -0.39 is 17.7 Å². The number of carbonyl (C=O) groups is 2. The molecule has 6 nitrogen and oxygen atoms in total. The van der Waals surface area contributed by atoms with Crippen LogP contribution >= 0.6 is 15.9 Å². The van der Waals surface area contributed by atoms with Crippen LogP contribution in [0.25, 0.3) is 16.7 Å². The highest BCUT2D eigenvalue weighted by Crippen LogP contribution is 2.40. The van der Waals surface area contributed by atoms with E-state index in [0.717, 1.165) is 26.5 Å². The molecule has 7 heteroatoms. The van der Waals surface area contributed by atoms with Crippen LogP contribution in [0.5, 0.6) is 5.75 Å². The fraction of sp³-hybridized carbons (Fsp3) is 0.143. The normalized spacial score (nSPS) is 17.3. The van der Waals surface area contributed by atoms with E-state index in [9.17, 15) is 14.7 Å². The second kappa shape index (κ2) is 9.43. The van der Waals surface area contributed by atoms with Gasteiger partial charge in [0.05, 0.1) is 18.7 Å². The number of Topliss-reactive ketones (excluding diaryl/α,β-unsaturated/α-hetero) is 1. The molecule has 35 heavy (non-hydrogen) atoms. The second-order valence-electron chi connectivity index (χ2n) is 8.39. The maximum absolute atomic E-state index is 13.2. The molecule has 1 aromatic heterocycles. The molecule has 0 saturated carbocycles. The number of rotatable bonds is 6. The molecule has 2 heterocycles. The van der Waals surface area contributed by atoms with E-state index in [-0.39, 0.29) is 11.3 Å². The number of carbonyl (C=O) groups excluding carboxylic acids is 2. The molecule has 1 amide bonds. The summed E-state index contributed by atoms with van der Waals surface area (Å²) in [4.78, 5) is 31.3. The number of hydrogen-bond donors (Lipinski definition) is 2. The number of nitrogens with one attached hydrogen (secondary N) is 1. The van der Waals surface area contributed by atoms with Gasteiger partial charge in [-0.1, -0.05) is 46.3 Å². The number of hydrogen-bond acceptors (Lipinski definition) is 4. The average molecular weight is 531 g/mol. The number of aromatic amines is 1. The van der Waals surface area contributed by atoms with Gasteiger partial charge in [0.15, 0.2) is 0 Å². The quantitative estimate of drug-likeness (QED) is 0.193. The van der Waals surface area contributed by atoms with Gasteiger partial charge in [-0.2, -0.15) is 0 Å². The predicted octanol–water partition coefficient (Wildman–Crippen LogP) is 5.60. The largest absolute Gasteiger partial charge is 0.507 e. The molecule has 1 fully saturated rings. The summed E-state index contributed by atoms with van der Waals surface area (Å²) in [5.41, 5.74) is 3.35. The number of aliphatic hydroxyl groups is 1. The second-order valence-corrected chi connectivity index (χ2v) is 9.30. The molecule has 176 valence electrons. The predicted molar refractivity (Wildman–Crippen MR) is 138 cm³/mol. The Morgan fingerprint density at radius 2 is 1.83 bits per heavy atom. The summed E-state index contributed by atoms with van der Waals surface area (Å²) in [6.07, 6.45) is 2.50. The van der Waals surface area contributed by atoms with Gasteiger partial charge in [0.2, 0.25) is 0 Å². The van der Waals surface area contributed by atoms with Crippen molar-refractivity contribution < 1.29 is 19.4 Å². The number of fused-ring (bicyclic) bond motifs is 1. The van der Waals surface area contributed by atoms with Gasteiger partial charge in [-0.3, -0.25) is 9.59 Å². The number of ketones is 1. The van der Waals surface area contributed by atoms with Crippen molar-refractivity contribution in [1.82, 2.24) is 9.88 Å². The maximum atomic E-state index is 13.2. The number of ether oxygens (including phenoxy) is 1. The molecule has 0 aliphatic carbocycles. The van der Waals surface area contributed by atoms with Crippen LogP contribution in [-0.2, 0) is 16.0 Å². The van der Waals surface area contributed by atoms with Gasteiger partial charge in [-0.15, -0.1) is 0 Å². The number of halogens is 1. The molecule has 4 aromatic rings. The Morgan fingerprint density at radius 1 is 1.06 bits per heavy atom. The van der Waals surface area contributed by atoms with Crippen molar-refractivity contribution in [3.05, 3.63) is 106 Å². The van der Waals surface area contributed by atoms with E-state index in [1.54, 1.807) is 36.3 Å². The van der Waals surface area contributed by atoms with Crippen molar-refractivity contribution in [3.63, 3.8) is 0 Å². The SMILES string of the molecule is COc1ccc(C(O)=C2C(=O)C(=O)N(CCc3c[nH]c4ccccc34)[C@@H]2c2cccc(Br)c2)cc1. The molecular formula is C28H23BrN2O4. The lowest BCUT2D eigenvalue weighted by Crippen LogP contribution is -2.31. The van der Waals surface area contributed by atoms with Gasteiger partial charge < -0.3 is 19.7 Å². The van der Waals surface area contributed by atoms with Crippen molar-refractivity contribution in [1.29, 1.82) is 0 Å². The van der Waals surface area contributed by atoms with Crippen molar-refractivity contribution >= 4 is 44.3 Å². The Morgan fingerprint density at radius 3 is 2.57 bits per heavy atom. The molecule has 1 aliphatic rings. The van der Waals surface area contributed by atoms with E-state index in [0.29, 0.717) is 24.3 Å². The molecule has 1 aliphatic heterocycles. The first-order valence-corrected chi connectivity index (χ1v) is 12.0. The Labute approximate surface area is 211 Å². The topological polar surface area (TPSA) is 82.6 Å². The average Bonchev–Trinajstić information content (AvgIpc) is 3.40. The number of methoxy groups -OCH3 is 1. The summed E-state index contributed by atoms with van der Waals surface area (Å²) in [5, 5.41) is 12.3. The number of aliphatic hydroxyl groups excluding tert-OH is 1. The molecule has 2 N–H and O–H groups in total. The van der Waals surface area contributed by atoms with E-state index in [1.807, 2.05) is 54.7 Å². The van der Waals surface area contributed by atoms with Crippen LogP contribution in [0.4, 0.5) is 0 Å². The highest BCUT2D eigenvalue weighted by atomic mass is 79.9. The van der Waals surface area contributed by atoms with E-state index in [1.165, 1.54) is 0 Å². The maximum Gasteiger partial charge on any atom is 0.295 e. The molecule has 1 atom stereocenters. The minimum Gasteiger partial charge on any atom is -0.507 e. The Balaban J connectivity index is 1.56. The number of likely N-dealkylation sites (tertiary alicyclic amines) is 1. The van der Waals surface area contributed by atoms with Crippen LogP contribution in [0.1, 0.15) is 22.7 Å². The van der Waals surface area contributed by atoms with Gasteiger partial charge in [-0.05, 0) is 60.0 Å². The minimum absolute atomic E-state index is 0.0807. The van der Waals surface area contributed by atoms with Crippen molar-refractivity contribution in [2.75, 3.05) is 13.7 Å². The lowest BCUT2D eigenvalue weighted by atomic mass is 9.95. The highest BCUT2D eigenvalue weighted by Gasteiger charge is 2.45. The summed E-state index contributed by atoms with van der Waals surface area (Å²) in [6.45, 7) is 0.322. The first-order valence-electron chi connectivity index (χ1n) is 11.2. The molecule has 0 radical (unpaired) electrons. The molecular weight excluding hydrogens is 508 g/mol. The van der Waals surface area contributed by atoms with Crippen LogP contribution in [0, 0.1) is 0 Å². The fourth-order valence-electron chi connectivity index (χ4n) is 4.62. The third kappa shape index (κ3) is 4.23. The van der Waals surface area contributed by atoms with Gasteiger partial charge in [0.25, 0.3) is 11.7 Å². The smallest absolute Gasteiger partial charge is 0.295 e. The van der Waals surface area contributed by atoms with E-state index in [2.05, 4.69) is 20.9 Å².